The van der Waals surface area contributed by atoms with E-state index in [2.05, 4.69) is 20.8 Å². The molecule has 7 atom stereocenters. The first-order chi connectivity index (χ1) is 10.3. The third-order valence-corrected chi connectivity index (χ3v) is 8.58. The number of ether oxygens (including phenoxy) is 1. The Morgan fingerprint density at radius 2 is 1.77 bits per heavy atom. The largest absolute Gasteiger partial charge is 0.465 e. The standard InChI is InChI=1S/C19H30O3/c1-17-11-22-16(20)10-12(17)4-5-13-14(17)6-8-18(2)15(13)7-9-19(18,3)21/h12-15,21H,4-11H2,1-3H3/t12-,13+,14-,15+,17-,18+,19+/m0/s1. The van der Waals surface area contributed by atoms with Gasteiger partial charge in [0.15, 0.2) is 0 Å². The van der Waals surface area contributed by atoms with Crippen LogP contribution in [0.1, 0.15) is 65.7 Å². The number of rotatable bonds is 0. The molecule has 22 heavy (non-hydrogen) atoms. The summed E-state index contributed by atoms with van der Waals surface area (Å²) in [6, 6.07) is 0. The second-order valence-corrected chi connectivity index (χ2v) is 9.29. The second-order valence-electron chi connectivity index (χ2n) is 9.29. The van der Waals surface area contributed by atoms with Crippen molar-refractivity contribution in [2.45, 2.75) is 71.3 Å². The Morgan fingerprint density at radius 1 is 1.05 bits per heavy atom. The summed E-state index contributed by atoms with van der Waals surface area (Å²) in [6.45, 7) is 7.38. The minimum Gasteiger partial charge on any atom is -0.465 e. The van der Waals surface area contributed by atoms with Gasteiger partial charge < -0.3 is 9.84 Å². The quantitative estimate of drug-likeness (QED) is 0.696. The molecule has 1 saturated heterocycles. The van der Waals surface area contributed by atoms with E-state index >= 15 is 0 Å². The first kappa shape index (κ1) is 15.0. The maximum Gasteiger partial charge on any atom is 0.306 e. The Bertz CT molecular complexity index is 499. The maximum atomic E-state index is 11.7. The van der Waals surface area contributed by atoms with Crippen LogP contribution in [0.5, 0.6) is 0 Å². The van der Waals surface area contributed by atoms with E-state index in [4.69, 9.17) is 4.74 Å². The van der Waals surface area contributed by atoms with Crippen molar-refractivity contribution in [3.05, 3.63) is 0 Å². The van der Waals surface area contributed by atoms with Crippen molar-refractivity contribution in [3.63, 3.8) is 0 Å². The van der Waals surface area contributed by atoms with Crippen LogP contribution in [0.4, 0.5) is 0 Å². The summed E-state index contributed by atoms with van der Waals surface area (Å²) < 4.78 is 5.49. The summed E-state index contributed by atoms with van der Waals surface area (Å²) in [5.41, 5.74) is -0.241. The molecule has 0 spiro atoms. The lowest BCUT2D eigenvalue weighted by molar-refractivity contribution is -0.186. The Kier molecular flexibility index (Phi) is 3.06. The van der Waals surface area contributed by atoms with E-state index in [1.54, 1.807) is 0 Å². The Hall–Kier alpha value is -0.570. The molecule has 0 aromatic rings. The molecule has 0 radical (unpaired) electrons. The normalized spacial score (nSPS) is 57.5. The van der Waals surface area contributed by atoms with Crippen molar-refractivity contribution in [2.24, 2.45) is 34.5 Å². The zero-order valence-corrected chi connectivity index (χ0v) is 14.2. The van der Waals surface area contributed by atoms with E-state index in [1.807, 2.05) is 0 Å². The topological polar surface area (TPSA) is 46.5 Å². The molecule has 0 aromatic heterocycles. The molecular formula is C19H30O3. The Balaban J connectivity index is 1.65. The minimum absolute atomic E-state index is 0.00497. The molecule has 0 bridgehead atoms. The van der Waals surface area contributed by atoms with Crippen LogP contribution in [0.2, 0.25) is 0 Å². The van der Waals surface area contributed by atoms with Crippen LogP contribution in [-0.2, 0) is 9.53 Å². The first-order valence-corrected chi connectivity index (χ1v) is 9.16. The summed E-state index contributed by atoms with van der Waals surface area (Å²) in [5, 5.41) is 10.9. The van der Waals surface area contributed by atoms with Crippen molar-refractivity contribution in [2.75, 3.05) is 6.61 Å². The van der Waals surface area contributed by atoms with Gasteiger partial charge in [0.2, 0.25) is 0 Å². The highest BCUT2D eigenvalue weighted by Gasteiger charge is 2.63. The third-order valence-electron chi connectivity index (χ3n) is 8.58. The average Bonchev–Trinajstić information content (AvgIpc) is 2.70. The number of carbonyl (C=O) groups excluding carboxylic acids is 1. The van der Waals surface area contributed by atoms with Crippen molar-refractivity contribution in [1.29, 1.82) is 0 Å². The fourth-order valence-electron chi connectivity index (χ4n) is 6.83. The summed E-state index contributed by atoms with van der Waals surface area (Å²) in [7, 11) is 0. The molecule has 0 amide bonds. The fourth-order valence-corrected chi connectivity index (χ4v) is 6.83. The first-order valence-electron chi connectivity index (χ1n) is 9.16. The minimum atomic E-state index is -0.501. The van der Waals surface area contributed by atoms with E-state index in [0.717, 1.165) is 12.8 Å². The molecule has 3 heteroatoms. The maximum absolute atomic E-state index is 11.7. The number of hydrogen-bond acceptors (Lipinski definition) is 3. The summed E-state index contributed by atoms with van der Waals surface area (Å²) in [4.78, 5) is 11.7. The molecule has 4 aliphatic rings. The lowest BCUT2D eigenvalue weighted by Crippen LogP contribution is -2.57. The van der Waals surface area contributed by atoms with E-state index < -0.39 is 5.60 Å². The molecule has 4 fully saturated rings. The summed E-state index contributed by atoms with van der Waals surface area (Å²) in [6.07, 6.45) is 7.48. The Morgan fingerprint density at radius 3 is 2.55 bits per heavy atom. The smallest absolute Gasteiger partial charge is 0.306 e. The van der Waals surface area contributed by atoms with Gasteiger partial charge in [-0.15, -0.1) is 0 Å². The van der Waals surface area contributed by atoms with Gasteiger partial charge in [-0.05, 0) is 74.5 Å². The van der Waals surface area contributed by atoms with Crippen LogP contribution < -0.4 is 0 Å². The van der Waals surface area contributed by atoms with Crippen molar-refractivity contribution in [1.82, 2.24) is 0 Å². The summed E-state index contributed by atoms with van der Waals surface area (Å²) >= 11 is 0. The SMILES string of the molecule is C[C@]12COC(=O)C[C@@H]1CC[C@H]1[C@H]3CC[C@@](C)(O)[C@]3(C)CC[C@@H]12. The molecule has 1 aliphatic heterocycles. The predicted octanol–water partition coefficient (Wildman–Crippen LogP) is 3.54. The van der Waals surface area contributed by atoms with Crippen molar-refractivity contribution in [3.8, 4) is 0 Å². The summed E-state index contributed by atoms with van der Waals surface area (Å²) in [5.74, 6) is 2.56. The second kappa shape index (κ2) is 4.49. The number of hydrogen-bond donors (Lipinski definition) is 1. The van der Waals surface area contributed by atoms with Crippen LogP contribution in [0.15, 0.2) is 0 Å². The van der Waals surface area contributed by atoms with Gasteiger partial charge in [0.25, 0.3) is 0 Å². The molecule has 1 heterocycles. The highest BCUT2D eigenvalue weighted by atomic mass is 16.5. The molecule has 0 unspecified atom stereocenters. The van der Waals surface area contributed by atoms with Gasteiger partial charge in [-0.1, -0.05) is 13.8 Å². The zero-order valence-electron chi connectivity index (χ0n) is 14.2. The highest BCUT2D eigenvalue weighted by Crippen LogP contribution is 2.67. The van der Waals surface area contributed by atoms with E-state index in [1.165, 1.54) is 25.7 Å². The van der Waals surface area contributed by atoms with Crippen LogP contribution >= 0.6 is 0 Å². The molecule has 1 N–H and O–H groups in total. The molecule has 3 aliphatic carbocycles. The molecule has 0 aromatic carbocycles. The highest BCUT2D eigenvalue weighted by molar-refractivity contribution is 5.70. The van der Waals surface area contributed by atoms with Gasteiger partial charge in [0, 0.05) is 11.8 Å². The van der Waals surface area contributed by atoms with Crippen molar-refractivity contribution < 1.29 is 14.6 Å². The van der Waals surface area contributed by atoms with Crippen LogP contribution in [0.25, 0.3) is 0 Å². The third kappa shape index (κ3) is 1.75. The van der Waals surface area contributed by atoms with Crippen molar-refractivity contribution >= 4 is 5.97 Å². The van der Waals surface area contributed by atoms with E-state index in [0.29, 0.717) is 36.7 Å². The number of carbonyl (C=O) groups is 1. The van der Waals surface area contributed by atoms with Gasteiger partial charge in [0.1, 0.15) is 0 Å². The van der Waals surface area contributed by atoms with E-state index in [-0.39, 0.29) is 16.8 Å². The van der Waals surface area contributed by atoms with Gasteiger partial charge in [0.05, 0.1) is 12.2 Å². The van der Waals surface area contributed by atoms with E-state index in [9.17, 15) is 9.90 Å². The molecule has 3 saturated carbocycles. The lowest BCUT2D eigenvalue weighted by Gasteiger charge is -2.60. The van der Waals surface area contributed by atoms with Gasteiger partial charge in [-0.2, -0.15) is 0 Å². The van der Waals surface area contributed by atoms with Crippen LogP contribution in [0.3, 0.4) is 0 Å². The molecular weight excluding hydrogens is 276 g/mol. The molecule has 3 nitrogen and oxygen atoms in total. The fraction of sp³-hybridized carbons (Fsp3) is 0.947. The average molecular weight is 306 g/mol. The number of cyclic esters (lactones) is 1. The monoisotopic (exact) mass is 306 g/mol. The van der Waals surface area contributed by atoms with Gasteiger partial charge in [-0.3, -0.25) is 4.79 Å². The molecule has 124 valence electrons. The molecule has 4 rings (SSSR count). The van der Waals surface area contributed by atoms with Crippen LogP contribution in [-0.4, -0.2) is 23.3 Å². The Labute approximate surface area is 133 Å². The lowest BCUT2D eigenvalue weighted by atomic mass is 9.46. The number of aliphatic hydroxyl groups is 1. The predicted molar refractivity (Wildman–Crippen MR) is 84.1 cm³/mol. The van der Waals surface area contributed by atoms with Crippen LogP contribution in [0, 0.1) is 34.5 Å². The van der Waals surface area contributed by atoms with Gasteiger partial charge >= 0.3 is 5.97 Å². The number of fused-ring (bicyclic) bond motifs is 5. The van der Waals surface area contributed by atoms with Gasteiger partial charge in [-0.25, -0.2) is 0 Å². The zero-order chi connectivity index (χ0) is 15.8. The number of esters is 1.